The Morgan fingerprint density at radius 2 is 2.21 bits per heavy atom. The normalized spacial score (nSPS) is 10.7. The van der Waals surface area contributed by atoms with Gasteiger partial charge in [-0.05, 0) is 30.2 Å². The number of rotatable bonds is 10. The van der Waals surface area contributed by atoms with Crippen LogP contribution in [0.2, 0.25) is 0 Å². The minimum absolute atomic E-state index is 0.101. The van der Waals surface area contributed by atoms with Gasteiger partial charge in [0.15, 0.2) is 0 Å². The quantitative estimate of drug-likeness (QED) is 0.362. The maximum atomic E-state index is 11.2. The zero-order chi connectivity index (χ0) is 17.9. The summed E-state index contributed by atoms with van der Waals surface area (Å²) in [4.78, 5) is 34.2. The summed E-state index contributed by atoms with van der Waals surface area (Å²) in [5.41, 5.74) is 7.06. The second kappa shape index (κ2) is 9.99. The number of aliphatic hydroxyl groups is 1. The number of aryl methyl sites for hydroxylation is 1. The van der Waals surface area contributed by atoms with Crippen molar-refractivity contribution in [3.63, 3.8) is 0 Å². The first-order valence-electron chi connectivity index (χ1n) is 7.35. The van der Waals surface area contributed by atoms with Crippen LogP contribution in [-0.4, -0.2) is 47.9 Å². The number of aliphatic hydroxyl groups excluding tert-OH is 1. The third kappa shape index (κ3) is 5.39. The summed E-state index contributed by atoms with van der Waals surface area (Å²) in [5, 5.41) is 8.82. The summed E-state index contributed by atoms with van der Waals surface area (Å²) < 4.78 is 5.37. The van der Waals surface area contributed by atoms with Crippen LogP contribution in [0.1, 0.15) is 18.1 Å². The molecule has 0 spiro atoms. The van der Waals surface area contributed by atoms with Gasteiger partial charge < -0.3 is 20.5 Å². The molecular weight excluding hydrogens is 312 g/mol. The standard InChI is InChI=1S/C17H20N2O5/c1-2-13-11-14(24-10-9-22)3-4-15(13)16(5-7-20)19(6-8-21)12-17(18)23/h3-7,11,22H,2,9-10,12H2,1H3,(H2,18,23)/b16-5-. The Hall–Kier alpha value is -2.89. The molecule has 3 N–H and O–H groups in total. The second-order valence-corrected chi connectivity index (χ2v) is 4.77. The van der Waals surface area contributed by atoms with Crippen LogP contribution in [0.5, 0.6) is 5.75 Å². The number of nitrogens with two attached hydrogens (primary N) is 1. The number of ether oxygens (including phenoxy) is 1. The molecule has 128 valence electrons. The highest BCUT2D eigenvalue weighted by Crippen LogP contribution is 2.27. The summed E-state index contributed by atoms with van der Waals surface area (Å²) in [5.74, 6) is 1.51. The summed E-state index contributed by atoms with van der Waals surface area (Å²) in [6, 6.07) is 5.17. The number of aldehydes is 1. The van der Waals surface area contributed by atoms with E-state index in [0.717, 1.165) is 11.8 Å². The number of allylic oxidation sites excluding steroid dienone is 1. The Labute approximate surface area is 140 Å². The lowest BCUT2D eigenvalue weighted by Crippen LogP contribution is -2.29. The van der Waals surface area contributed by atoms with Gasteiger partial charge in [-0.1, -0.05) is 6.92 Å². The minimum atomic E-state index is -0.653. The fraction of sp³-hybridized carbons (Fsp3) is 0.294. The highest BCUT2D eigenvalue weighted by Gasteiger charge is 2.16. The lowest BCUT2D eigenvalue weighted by atomic mass is 10.0. The summed E-state index contributed by atoms with van der Waals surface area (Å²) >= 11 is 0. The van der Waals surface area contributed by atoms with E-state index in [1.807, 2.05) is 6.92 Å². The molecule has 0 fully saturated rings. The largest absolute Gasteiger partial charge is 0.491 e. The van der Waals surface area contributed by atoms with Gasteiger partial charge >= 0.3 is 0 Å². The number of amides is 1. The van der Waals surface area contributed by atoms with Crippen molar-refractivity contribution in [2.45, 2.75) is 13.3 Å². The summed E-state index contributed by atoms with van der Waals surface area (Å²) in [6.45, 7) is 1.72. The molecule has 7 nitrogen and oxygen atoms in total. The topological polar surface area (TPSA) is 110 Å². The number of nitrogens with zero attached hydrogens (tertiary/aromatic N) is 1. The van der Waals surface area contributed by atoms with Crippen molar-refractivity contribution in [3.05, 3.63) is 41.6 Å². The Morgan fingerprint density at radius 3 is 2.75 bits per heavy atom. The fourth-order valence-electron chi connectivity index (χ4n) is 2.20. The van der Waals surface area contributed by atoms with E-state index in [4.69, 9.17) is 15.6 Å². The van der Waals surface area contributed by atoms with Crippen LogP contribution < -0.4 is 10.5 Å². The van der Waals surface area contributed by atoms with Crippen molar-refractivity contribution in [1.29, 1.82) is 0 Å². The minimum Gasteiger partial charge on any atom is -0.491 e. The first-order valence-corrected chi connectivity index (χ1v) is 7.35. The zero-order valence-corrected chi connectivity index (χ0v) is 13.4. The number of primary amides is 1. The van der Waals surface area contributed by atoms with Crippen molar-refractivity contribution in [2.75, 3.05) is 19.8 Å². The van der Waals surface area contributed by atoms with Crippen LogP contribution in [-0.2, 0) is 20.8 Å². The molecule has 24 heavy (non-hydrogen) atoms. The second-order valence-electron chi connectivity index (χ2n) is 4.77. The Kier molecular flexibility index (Phi) is 7.98. The average molecular weight is 332 g/mol. The molecule has 0 aliphatic heterocycles. The van der Waals surface area contributed by atoms with Crippen LogP contribution in [0.25, 0.3) is 5.70 Å². The van der Waals surface area contributed by atoms with Gasteiger partial charge in [-0.15, -0.1) is 0 Å². The lowest BCUT2D eigenvalue weighted by molar-refractivity contribution is -0.118. The molecule has 0 atom stereocenters. The number of benzene rings is 1. The molecule has 1 aromatic rings. The molecular formula is C17H20N2O5. The maximum absolute atomic E-state index is 11.2. The van der Waals surface area contributed by atoms with Crippen LogP contribution in [0.4, 0.5) is 0 Å². The molecule has 7 heteroatoms. The number of hydrogen-bond donors (Lipinski definition) is 2. The van der Waals surface area contributed by atoms with Crippen molar-refractivity contribution in [3.8, 4) is 5.75 Å². The third-order valence-corrected chi connectivity index (χ3v) is 3.16. The molecule has 0 unspecified atom stereocenters. The maximum Gasteiger partial charge on any atom is 0.237 e. The Morgan fingerprint density at radius 1 is 1.46 bits per heavy atom. The van der Waals surface area contributed by atoms with Gasteiger partial charge in [-0.3, -0.25) is 9.59 Å². The van der Waals surface area contributed by atoms with Gasteiger partial charge in [0.05, 0.1) is 18.5 Å². The molecule has 1 amide bonds. The molecule has 0 saturated heterocycles. The number of hydrogen-bond acceptors (Lipinski definition) is 6. The first-order chi connectivity index (χ1) is 11.6. The lowest BCUT2D eigenvalue weighted by Gasteiger charge is -2.23. The van der Waals surface area contributed by atoms with E-state index in [-0.39, 0.29) is 19.8 Å². The van der Waals surface area contributed by atoms with Crippen LogP contribution >= 0.6 is 0 Å². The van der Waals surface area contributed by atoms with Crippen molar-refractivity contribution >= 4 is 23.8 Å². The van der Waals surface area contributed by atoms with Gasteiger partial charge in [0.2, 0.25) is 5.91 Å². The molecule has 0 heterocycles. The third-order valence-electron chi connectivity index (χ3n) is 3.16. The van der Waals surface area contributed by atoms with Crippen molar-refractivity contribution in [1.82, 2.24) is 4.90 Å². The molecule has 0 aromatic heterocycles. The Bertz CT molecular complexity index is 663. The Balaban J connectivity index is 3.33. The molecule has 1 aromatic carbocycles. The number of carbonyl (C=O) groups is 2. The highest BCUT2D eigenvalue weighted by molar-refractivity contribution is 5.85. The van der Waals surface area contributed by atoms with Crippen molar-refractivity contribution in [2.24, 2.45) is 5.73 Å². The molecule has 0 radical (unpaired) electrons. The summed E-state index contributed by atoms with van der Waals surface area (Å²) in [7, 11) is 0. The van der Waals surface area contributed by atoms with E-state index in [1.165, 1.54) is 11.0 Å². The zero-order valence-electron chi connectivity index (χ0n) is 13.4. The summed E-state index contributed by atoms with van der Waals surface area (Å²) in [6.07, 6.45) is 3.46. The molecule has 1 rings (SSSR count). The van der Waals surface area contributed by atoms with E-state index in [0.29, 0.717) is 29.7 Å². The van der Waals surface area contributed by atoms with Gasteiger partial charge in [0.25, 0.3) is 0 Å². The van der Waals surface area contributed by atoms with E-state index in [2.05, 4.69) is 0 Å². The van der Waals surface area contributed by atoms with Gasteiger partial charge in [-0.2, -0.15) is 0 Å². The monoisotopic (exact) mass is 332 g/mol. The first kappa shape index (κ1) is 19.2. The van der Waals surface area contributed by atoms with Gasteiger partial charge in [-0.25, -0.2) is 4.79 Å². The molecule has 0 aliphatic rings. The van der Waals surface area contributed by atoms with E-state index in [1.54, 1.807) is 24.1 Å². The van der Waals surface area contributed by atoms with E-state index < -0.39 is 5.91 Å². The van der Waals surface area contributed by atoms with Gasteiger partial charge in [0.1, 0.15) is 31.1 Å². The SMILES string of the molecule is CCc1cc(OCCO)ccc1/C(=C/C=O)N(C=C=O)CC(N)=O. The predicted octanol–water partition coefficient (Wildman–Crippen LogP) is 0.292. The van der Waals surface area contributed by atoms with E-state index >= 15 is 0 Å². The van der Waals surface area contributed by atoms with E-state index in [9.17, 15) is 14.4 Å². The number of carbonyl (C=O) groups excluding carboxylic acids is 3. The fourth-order valence-corrected chi connectivity index (χ4v) is 2.20. The highest BCUT2D eigenvalue weighted by atomic mass is 16.5. The average Bonchev–Trinajstić information content (AvgIpc) is 2.57. The smallest absolute Gasteiger partial charge is 0.237 e. The molecule has 0 saturated carbocycles. The molecule has 0 bridgehead atoms. The van der Waals surface area contributed by atoms with Crippen molar-refractivity contribution < 1.29 is 24.2 Å². The van der Waals surface area contributed by atoms with Crippen LogP contribution in [0.15, 0.2) is 30.5 Å². The van der Waals surface area contributed by atoms with Crippen LogP contribution in [0.3, 0.4) is 0 Å². The van der Waals surface area contributed by atoms with Crippen LogP contribution in [0, 0.1) is 0 Å². The van der Waals surface area contributed by atoms with Gasteiger partial charge in [0, 0.05) is 11.6 Å². The molecule has 0 aliphatic carbocycles. The predicted molar refractivity (Wildman–Crippen MR) is 88.6 cm³/mol.